The Morgan fingerprint density at radius 1 is 1.17 bits per heavy atom. The van der Waals surface area contributed by atoms with Crippen molar-refractivity contribution in [3.63, 3.8) is 0 Å². The fraction of sp³-hybridized carbons (Fsp3) is 0.118. The number of amides is 1. The maximum atomic E-state index is 12.1. The van der Waals surface area contributed by atoms with Crippen molar-refractivity contribution in [3.8, 4) is 5.13 Å². The lowest BCUT2D eigenvalue weighted by Gasteiger charge is -2.04. The van der Waals surface area contributed by atoms with Gasteiger partial charge in [0.15, 0.2) is 10.9 Å². The molecule has 0 spiro atoms. The van der Waals surface area contributed by atoms with Crippen molar-refractivity contribution in [2.75, 3.05) is 5.32 Å². The number of anilines is 1. The van der Waals surface area contributed by atoms with Gasteiger partial charge in [-0.3, -0.25) is 9.59 Å². The third-order valence-corrected chi connectivity index (χ3v) is 4.29. The summed E-state index contributed by atoms with van der Waals surface area (Å²) in [5.74, 6) is -0.103. The van der Waals surface area contributed by atoms with Crippen LogP contribution in [0.3, 0.4) is 0 Å². The maximum absolute atomic E-state index is 12.1. The van der Waals surface area contributed by atoms with Crippen LogP contribution < -0.4 is 5.32 Å². The molecule has 0 saturated carbocycles. The maximum Gasteiger partial charge on any atom is 0.229 e. The summed E-state index contributed by atoms with van der Waals surface area (Å²) in [5, 5.41) is 3.66. The number of aromatic nitrogens is 2. The van der Waals surface area contributed by atoms with Crippen LogP contribution in [0.2, 0.25) is 0 Å². The summed E-state index contributed by atoms with van der Waals surface area (Å²) in [7, 11) is 0. The van der Waals surface area contributed by atoms with Crippen LogP contribution in [0.25, 0.3) is 5.13 Å². The summed E-state index contributed by atoms with van der Waals surface area (Å²) in [6.07, 6.45) is 5.82. The molecule has 0 saturated heterocycles. The highest BCUT2D eigenvalue weighted by Crippen LogP contribution is 2.18. The van der Waals surface area contributed by atoms with Gasteiger partial charge >= 0.3 is 0 Å². The predicted octanol–water partition coefficient (Wildman–Crippen LogP) is 3.32. The lowest BCUT2D eigenvalue weighted by Crippen LogP contribution is -2.13. The molecular formula is C17H15N3O2S. The van der Waals surface area contributed by atoms with Crippen molar-refractivity contribution in [1.82, 2.24) is 9.55 Å². The fourth-order valence-electron chi connectivity index (χ4n) is 2.11. The largest absolute Gasteiger partial charge is 0.326 e. The molecule has 0 aliphatic carbocycles. The quantitative estimate of drug-likeness (QED) is 0.732. The highest BCUT2D eigenvalue weighted by Gasteiger charge is 2.09. The molecule has 3 rings (SSSR count). The van der Waals surface area contributed by atoms with Crippen molar-refractivity contribution in [3.05, 3.63) is 65.4 Å². The zero-order valence-electron chi connectivity index (χ0n) is 12.5. The van der Waals surface area contributed by atoms with Gasteiger partial charge in [-0.15, -0.1) is 11.3 Å². The van der Waals surface area contributed by atoms with Crippen molar-refractivity contribution in [2.45, 2.75) is 13.3 Å². The Labute approximate surface area is 137 Å². The van der Waals surface area contributed by atoms with E-state index in [1.165, 1.54) is 18.3 Å². The summed E-state index contributed by atoms with van der Waals surface area (Å²) < 4.78 is 1.91. The average molecular weight is 325 g/mol. The van der Waals surface area contributed by atoms with E-state index in [1.54, 1.807) is 30.5 Å². The molecule has 5 nitrogen and oxygen atoms in total. The summed E-state index contributed by atoms with van der Waals surface area (Å²) in [6, 6.07) is 10.7. The molecule has 2 heterocycles. The summed E-state index contributed by atoms with van der Waals surface area (Å²) in [6.45, 7) is 1.51. The number of nitrogens with one attached hydrogen (secondary N) is 1. The van der Waals surface area contributed by atoms with E-state index < -0.39 is 0 Å². The second kappa shape index (κ2) is 6.58. The monoisotopic (exact) mass is 325 g/mol. The van der Waals surface area contributed by atoms with Crippen molar-refractivity contribution in [1.29, 1.82) is 0 Å². The van der Waals surface area contributed by atoms with Crippen LogP contribution in [0, 0.1) is 0 Å². The molecule has 3 aromatic rings. The summed E-state index contributed by atoms with van der Waals surface area (Å²) >= 11 is 1.48. The zero-order valence-corrected chi connectivity index (χ0v) is 13.3. The number of Topliss-reactive ketones (excluding diaryl/α,β-unsaturated/α-hetero) is 1. The molecule has 0 fully saturated rings. The minimum Gasteiger partial charge on any atom is -0.326 e. The van der Waals surface area contributed by atoms with Gasteiger partial charge in [-0.05, 0) is 43.3 Å². The third-order valence-electron chi connectivity index (χ3n) is 3.28. The van der Waals surface area contributed by atoms with Gasteiger partial charge in [0.1, 0.15) is 0 Å². The molecule has 116 valence electrons. The normalized spacial score (nSPS) is 10.5. The van der Waals surface area contributed by atoms with E-state index in [-0.39, 0.29) is 18.1 Å². The van der Waals surface area contributed by atoms with E-state index in [0.717, 1.165) is 10.0 Å². The highest BCUT2D eigenvalue weighted by molar-refractivity contribution is 7.14. The minimum atomic E-state index is -0.108. The average Bonchev–Trinajstić information content (AvgIpc) is 3.18. The van der Waals surface area contributed by atoms with Gasteiger partial charge in [0, 0.05) is 34.7 Å². The number of rotatable bonds is 5. The van der Waals surface area contributed by atoms with Crippen molar-refractivity contribution in [2.24, 2.45) is 0 Å². The molecule has 0 unspecified atom stereocenters. The van der Waals surface area contributed by atoms with Crippen LogP contribution in [0.4, 0.5) is 5.69 Å². The van der Waals surface area contributed by atoms with E-state index in [2.05, 4.69) is 10.3 Å². The van der Waals surface area contributed by atoms with Crippen LogP contribution in [-0.2, 0) is 11.2 Å². The summed E-state index contributed by atoms with van der Waals surface area (Å²) in [4.78, 5) is 28.5. The first-order valence-corrected chi connectivity index (χ1v) is 7.92. The molecule has 23 heavy (non-hydrogen) atoms. The standard InChI is InChI=1S/C17H15N3O2S/c1-12(21)13-4-6-14(7-5-13)19-16(22)10-15-11-18-17(23-15)20-8-2-3-9-20/h2-9,11H,10H2,1H3,(H,19,22). The topological polar surface area (TPSA) is 64.0 Å². The van der Waals surface area contributed by atoms with Gasteiger partial charge in [0.25, 0.3) is 0 Å². The zero-order chi connectivity index (χ0) is 16.2. The second-order valence-electron chi connectivity index (χ2n) is 5.06. The molecular weight excluding hydrogens is 310 g/mol. The van der Waals surface area contributed by atoms with E-state index in [1.807, 2.05) is 29.1 Å². The predicted molar refractivity (Wildman–Crippen MR) is 90.2 cm³/mol. The highest BCUT2D eigenvalue weighted by atomic mass is 32.1. The second-order valence-corrected chi connectivity index (χ2v) is 6.15. The SMILES string of the molecule is CC(=O)c1ccc(NC(=O)Cc2cnc(-n3cccc3)s2)cc1. The molecule has 0 aliphatic heterocycles. The number of hydrogen-bond acceptors (Lipinski definition) is 4. The number of ketones is 1. The molecule has 0 bridgehead atoms. The van der Waals surface area contributed by atoms with Crippen molar-refractivity contribution < 1.29 is 9.59 Å². The van der Waals surface area contributed by atoms with Crippen LogP contribution in [0.5, 0.6) is 0 Å². The Balaban J connectivity index is 1.62. The summed E-state index contributed by atoms with van der Waals surface area (Å²) in [5.41, 5.74) is 1.30. The first-order valence-electron chi connectivity index (χ1n) is 7.11. The number of hydrogen-bond donors (Lipinski definition) is 1. The Kier molecular flexibility index (Phi) is 4.34. The lowest BCUT2D eigenvalue weighted by atomic mass is 10.1. The molecule has 0 atom stereocenters. The Bertz CT molecular complexity index is 820. The third kappa shape index (κ3) is 3.73. The van der Waals surface area contributed by atoms with Crippen LogP contribution >= 0.6 is 11.3 Å². The van der Waals surface area contributed by atoms with E-state index >= 15 is 0 Å². The first kappa shape index (κ1) is 15.2. The van der Waals surface area contributed by atoms with E-state index in [9.17, 15) is 9.59 Å². The minimum absolute atomic E-state index is 0.00470. The van der Waals surface area contributed by atoms with E-state index in [4.69, 9.17) is 0 Å². The molecule has 6 heteroatoms. The molecule has 2 aromatic heterocycles. The number of nitrogens with zero attached hydrogens (tertiary/aromatic N) is 2. The van der Waals surface area contributed by atoms with Crippen molar-refractivity contribution >= 4 is 28.7 Å². The van der Waals surface area contributed by atoms with Crippen LogP contribution in [-0.4, -0.2) is 21.2 Å². The molecule has 1 amide bonds. The van der Waals surface area contributed by atoms with Gasteiger partial charge in [-0.2, -0.15) is 0 Å². The molecule has 1 aromatic carbocycles. The van der Waals surface area contributed by atoms with Gasteiger partial charge in [-0.1, -0.05) is 0 Å². The van der Waals surface area contributed by atoms with Gasteiger partial charge in [0.2, 0.25) is 5.91 Å². The molecule has 0 radical (unpaired) electrons. The Hall–Kier alpha value is -2.73. The van der Waals surface area contributed by atoms with Gasteiger partial charge in [-0.25, -0.2) is 4.98 Å². The van der Waals surface area contributed by atoms with Crippen LogP contribution in [0.1, 0.15) is 22.2 Å². The van der Waals surface area contributed by atoms with Gasteiger partial charge in [0.05, 0.1) is 6.42 Å². The van der Waals surface area contributed by atoms with Crippen LogP contribution in [0.15, 0.2) is 55.0 Å². The van der Waals surface area contributed by atoms with E-state index in [0.29, 0.717) is 11.3 Å². The number of thiazole rings is 1. The molecule has 0 aliphatic rings. The number of carbonyl (C=O) groups excluding carboxylic acids is 2. The first-order chi connectivity index (χ1) is 11.1. The Morgan fingerprint density at radius 3 is 2.52 bits per heavy atom. The molecule has 1 N–H and O–H groups in total. The Morgan fingerprint density at radius 2 is 1.87 bits per heavy atom. The van der Waals surface area contributed by atoms with Gasteiger partial charge < -0.3 is 9.88 Å². The fourth-order valence-corrected chi connectivity index (χ4v) is 2.99. The lowest BCUT2D eigenvalue weighted by molar-refractivity contribution is -0.115. The number of benzene rings is 1. The number of carbonyl (C=O) groups is 2. The smallest absolute Gasteiger partial charge is 0.229 e.